The van der Waals surface area contributed by atoms with Crippen LogP contribution in [-0.2, 0) is 0 Å². The second-order valence-corrected chi connectivity index (χ2v) is 5.71. The number of hydrogen-bond acceptors (Lipinski definition) is 4. The number of hydrogen-bond donors (Lipinski definition) is 1. The van der Waals surface area contributed by atoms with Crippen LogP contribution < -0.4 is 4.90 Å². The second kappa shape index (κ2) is 5.04. The van der Waals surface area contributed by atoms with Gasteiger partial charge < -0.3 is 14.9 Å². The van der Waals surface area contributed by atoms with Crippen LogP contribution in [0.4, 0.5) is 5.69 Å². The third-order valence-electron chi connectivity index (χ3n) is 4.16. The highest BCUT2D eigenvalue weighted by atomic mass is 16.4. The Labute approximate surface area is 123 Å². The second-order valence-electron chi connectivity index (χ2n) is 5.71. The molecule has 2 aromatic rings. The molecule has 0 radical (unpaired) electrons. The number of carboxylic acid groups (broad SMARTS) is 1. The van der Waals surface area contributed by atoms with Crippen molar-refractivity contribution in [3.63, 3.8) is 0 Å². The van der Waals surface area contributed by atoms with Gasteiger partial charge in [0, 0.05) is 32.4 Å². The number of aryl methyl sites for hydroxylation is 2. The van der Waals surface area contributed by atoms with Crippen molar-refractivity contribution in [1.82, 2.24) is 14.3 Å². The summed E-state index contributed by atoms with van der Waals surface area (Å²) in [4.78, 5) is 20.4. The molecule has 1 aliphatic rings. The lowest BCUT2D eigenvalue weighted by atomic mass is 10.2. The fourth-order valence-electron chi connectivity index (χ4n) is 2.93. The lowest BCUT2D eigenvalue weighted by Gasteiger charge is -2.34. The summed E-state index contributed by atoms with van der Waals surface area (Å²) in [6.07, 6.45) is 1.92. The van der Waals surface area contributed by atoms with E-state index in [1.54, 1.807) is 11.3 Å². The first-order valence-electron chi connectivity index (χ1n) is 7.13. The van der Waals surface area contributed by atoms with Crippen LogP contribution in [0.5, 0.6) is 0 Å². The largest absolute Gasteiger partial charge is 0.477 e. The van der Waals surface area contributed by atoms with E-state index in [0.717, 1.165) is 37.4 Å². The van der Waals surface area contributed by atoms with Crippen molar-refractivity contribution in [2.75, 3.05) is 38.1 Å². The zero-order chi connectivity index (χ0) is 15.1. The summed E-state index contributed by atoms with van der Waals surface area (Å²) in [5, 5.41) is 9.38. The number of aromatic nitrogens is 2. The van der Waals surface area contributed by atoms with Gasteiger partial charge in [-0.15, -0.1) is 0 Å². The Morgan fingerprint density at radius 1 is 1.24 bits per heavy atom. The maximum Gasteiger partial charge on any atom is 0.354 e. The van der Waals surface area contributed by atoms with Gasteiger partial charge in [-0.05, 0) is 32.5 Å². The Morgan fingerprint density at radius 3 is 2.52 bits per heavy atom. The average molecular weight is 288 g/mol. The number of aromatic carboxylic acids is 1. The van der Waals surface area contributed by atoms with E-state index >= 15 is 0 Å². The number of rotatable bonds is 2. The molecule has 3 rings (SSSR count). The first-order chi connectivity index (χ1) is 9.97. The van der Waals surface area contributed by atoms with Crippen LogP contribution in [0, 0.1) is 13.8 Å². The molecule has 2 aromatic heterocycles. The summed E-state index contributed by atoms with van der Waals surface area (Å²) in [7, 11) is 2.12. The van der Waals surface area contributed by atoms with Gasteiger partial charge in [0.25, 0.3) is 0 Å². The smallest absolute Gasteiger partial charge is 0.354 e. The van der Waals surface area contributed by atoms with Gasteiger partial charge in [0.15, 0.2) is 5.69 Å². The molecule has 6 nitrogen and oxygen atoms in total. The molecule has 0 aromatic carbocycles. The van der Waals surface area contributed by atoms with Gasteiger partial charge >= 0.3 is 5.97 Å². The molecular formula is C15H20N4O2. The Hall–Kier alpha value is -2.08. The van der Waals surface area contributed by atoms with E-state index in [1.807, 2.05) is 12.3 Å². The quantitative estimate of drug-likeness (QED) is 0.905. The molecule has 1 fully saturated rings. The van der Waals surface area contributed by atoms with E-state index in [1.165, 1.54) is 0 Å². The zero-order valence-corrected chi connectivity index (χ0v) is 12.6. The summed E-state index contributed by atoms with van der Waals surface area (Å²) in [6, 6.07) is 1.97. The lowest BCUT2D eigenvalue weighted by molar-refractivity contribution is 0.0688. The molecule has 21 heavy (non-hydrogen) atoms. The van der Waals surface area contributed by atoms with Gasteiger partial charge in [0.1, 0.15) is 5.65 Å². The number of pyridine rings is 1. The van der Waals surface area contributed by atoms with E-state index in [0.29, 0.717) is 11.3 Å². The Kier molecular flexibility index (Phi) is 3.33. The maximum absolute atomic E-state index is 11.4. The minimum Gasteiger partial charge on any atom is -0.477 e. The number of carbonyl (C=O) groups is 1. The average Bonchev–Trinajstić information content (AvgIpc) is 2.74. The molecule has 0 unspecified atom stereocenters. The molecule has 0 saturated carbocycles. The van der Waals surface area contributed by atoms with E-state index in [9.17, 15) is 9.90 Å². The molecule has 1 saturated heterocycles. The normalized spacial score (nSPS) is 16.6. The SMILES string of the molecule is Cc1cc2nc(C)c(C(=O)O)n2cc1N1CCN(C)CC1. The third-order valence-corrected chi connectivity index (χ3v) is 4.16. The van der Waals surface area contributed by atoms with Crippen LogP contribution in [0.25, 0.3) is 5.65 Å². The summed E-state index contributed by atoms with van der Waals surface area (Å²) in [6.45, 7) is 7.75. The number of nitrogens with zero attached hydrogens (tertiary/aromatic N) is 4. The molecule has 0 spiro atoms. The summed E-state index contributed by atoms with van der Waals surface area (Å²) in [5.74, 6) is -0.937. The van der Waals surface area contributed by atoms with Gasteiger partial charge in [-0.2, -0.15) is 0 Å². The van der Waals surface area contributed by atoms with Crippen LogP contribution in [-0.4, -0.2) is 58.6 Å². The van der Waals surface area contributed by atoms with Gasteiger partial charge in [-0.25, -0.2) is 9.78 Å². The van der Waals surface area contributed by atoms with Crippen molar-refractivity contribution in [2.24, 2.45) is 0 Å². The highest BCUT2D eigenvalue weighted by molar-refractivity contribution is 5.88. The predicted octanol–water partition coefficient (Wildman–Crippen LogP) is 1.40. The predicted molar refractivity (Wildman–Crippen MR) is 81.3 cm³/mol. The van der Waals surface area contributed by atoms with Crippen molar-refractivity contribution in [2.45, 2.75) is 13.8 Å². The van der Waals surface area contributed by atoms with Crippen LogP contribution in [0.3, 0.4) is 0 Å². The molecule has 0 amide bonds. The van der Waals surface area contributed by atoms with E-state index in [-0.39, 0.29) is 5.69 Å². The number of anilines is 1. The van der Waals surface area contributed by atoms with E-state index in [4.69, 9.17) is 0 Å². The van der Waals surface area contributed by atoms with Gasteiger partial charge in [0.2, 0.25) is 0 Å². The van der Waals surface area contributed by atoms with Gasteiger partial charge in [0.05, 0.1) is 11.4 Å². The Bertz CT molecular complexity index is 699. The highest BCUT2D eigenvalue weighted by Crippen LogP contribution is 2.24. The summed E-state index contributed by atoms with van der Waals surface area (Å²) >= 11 is 0. The first kappa shape index (κ1) is 13.9. The molecule has 0 atom stereocenters. The Balaban J connectivity index is 2.09. The highest BCUT2D eigenvalue weighted by Gasteiger charge is 2.20. The molecule has 112 valence electrons. The minimum absolute atomic E-state index is 0.250. The summed E-state index contributed by atoms with van der Waals surface area (Å²) < 4.78 is 1.69. The monoisotopic (exact) mass is 288 g/mol. The standard InChI is InChI=1S/C15H20N4O2/c1-10-8-13-16-11(2)14(15(20)21)19(13)9-12(10)18-6-4-17(3)5-7-18/h8-9H,4-7H2,1-3H3,(H,20,21). The van der Waals surface area contributed by atoms with Crippen molar-refractivity contribution < 1.29 is 9.90 Å². The number of piperazine rings is 1. The fourth-order valence-corrected chi connectivity index (χ4v) is 2.93. The maximum atomic E-state index is 11.4. The van der Waals surface area contributed by atoms with Crippen LogP contribution in [0.2, 0.25) is 0 Å². The third kappa shape index (κ3) is 2.35. The molecule has 3 heterocycles. The number of imidazole rings is 1. The molecule has 6 heteroatoms. The number of likely N-dealkylation sites (N-methyl/N-ethyl adjacent to an activating group) is 1. The summed E-state index contributed by atoms with van der Waals surface area (Å²) in [5.41, 5.74) is 3.72. The molecular weight excluding hydrogens is 268 g/mol. The van der Waals surface area contributed by atoms with Crippen molar-refractivity contribution in [3.05, 3.63) is 29.2 Å². The van der Waals surface area contributed by atoms with Crippen LogP contribution in [0.1, 0.15) is 21.7 Å². The van der Waals surface area contributed by atoms with Gasteiger partial charge in [-0.3, -0.25) is 4.40 Å². The molecule has 1 aliphatic heterocycles. The van der Waals surface area contributed by atoms with Crippen molar-refractivity contribution in [3.8, 4) is 0 Å². The molecule has 0 aliphatic carbocycles. The van der Waals surface area contributed by atoms with Crippen molar-refractivity contribution >= 4 is 17.3 Å². The van der Waals surface area contributed by atoms with Crippen LogP contribution >= 0.6 is 0 Å². The van der Waals surface area contributed by atoms with Gasteiger partial charge in [-0.1, -0.05) is 0 Å². The Morgan fingerprint density at radius 2 is 1.90 bits per heavy atom. The topological polar surface area (TPSA) is 61.1 Å². The van der Waals surface area contributed by atoms with E-state index in [2.05, 4.69) is 28.8 Å². The molecule has 0 bridgehead atoms. The molecule has 1 N–H and O–H groups in total. The number of carboxylic acids is 1. The number of fused-ring (bicyclic) bond motifs is 1. The van der Waals surface area contributed by atoms with E-state index < -0.39 is 5.97 Å². The van der Waals surface area contributed by atoms with Crippen molar-refractivity contribution in [1.29, 1.82) is 0 Å². The minimum atomic E-state index is -0.937. The lowest BCUT2D eigenvalue weighted by Crippen LogP contribution is -2.44. The van der Waals surface area contributed by atoms with Crippen LogP contribution in [0.15, 0.2) is 12.3 Å². The zero-order valence-electron chi connectivity index (χ0n) is 12.6. The fraction of sp³-hybridized carbons (Fsp3) is 0.467. The first-order valence-corrected chi connectivity index (χ1v) is 7.13.